The number of aromatic nitrogens is 3. The highest BCUT2D eigenvalue weighted by Gasteiger charge is 2.58. The lowest BCUT2D eigenvalue weighted by molar-refractivity contribution is -0.395. The number of aliphatic hydroxyl groups excluding tert-OH is 19. The van der Waals surface area contributed by atoms with Gasteiger partial charge in [0.25, 0.3) is 0 Å². The number of benzene rings is 4. The van der Waals surface area contributed by atoms with Gasteiger partial charge in [0.05, 0.1) is 45.8 Å². The van der Waals surface area contributed by atoms with Crippen molar-refractivity contribution >= 4 is 28.5 Å². The normalized spacial score (nSPS) is 40.2. The minimum atomic E-state index is -2.38. The fourth-order valence-corrected chi connectivity index (χ4v) is 17.3. The summed E-state index contributed by atoms with van der Waals surface area (Å²) in [6.07, 6.45) is -55.2. The molecule has 0 saturated carbocycles. The Labute approximate surface area is 558 Å². The summed E-state index contributed by atoms with van der Waals surface area (Å²) in [5.74, 6) is 0.514. The van der Waals surface area contributed by atoms with Crippen molar-refractivity contribution in [3.63, 3.8) is 0 Å². The maximum Gasteiger partial charge on any atom is 0.187 e. The molecule has 6 fully saturated rings. The Kier molecular flexibility index (Phi) is 24.7. The van der Waals surface area contributed by atoms with Crippen LogP contribution in [-0.4, -0.2) is 330 Å². The third-order valence-corrected chi connectivity index (χ3v) is 22.6. The van der Waals surface area contributed by atoms with E-state index in [4.69, 9.17) is 56.8 Å². The van der Waals surface area contributed by atoms with Crippen LogP contribution in [0.4, 0.5) is 0 Å². The highest BCUT2D eigenvalue weighted by molar-refractivity contribution is 8.01. The molecule has 6 aliphatic rings. The van der Waals surface area contributed by atoms with Crippen LogP contribution in [-0.2, 0) is 58.7 Å². The van der Waals surface area contributed by atoms with E-state index in [1.54, 1.807) is 0 Å². The van der Waals surface area contributed by atoms with Crippen molar-refractivity contribution in [2.75, 3.05) is 39.6 Å². The molecule has 1 aromatic heterocycles. The number of rotatable bonds is 24. The van der Waals surface area contributed by atoms with Crippen LogP contribution in [0, 0.1) is 0 Å². The SMILES string of the molecule is OC[C@H]1O[C@H](O[C@H]2[C@H](O)[C@@H](O)[C@@H](O[C@H]3[C@H](O)[C@@H](O)[C@@H](O[C@H]4[C@H](O)[C@@H](O)[C@@H](O[C@H]5[C@H](O)[C@@H](O)[C@@H](O[C@H]6[C@H](O)[C@@H](O)C(n7cc(COc8ccc([P+](c9ccccc9)(c9ccccc9)c9ccccc9)cc8)nn7)O[C@@H]6CO)O[C@@H]5CO)O[C@@H]4CO)O[C@@H]3CO)O[C@@H]2CO)[C@H](O)[C@@H](O)[C@@H]1O. The van der Waals surface area contributed by atoms with E-state index < -0.39 is 231 Å². The zero-order chi connectivity index (χ0) is 69.9. The standard InChI is InChI=1S/C63H83N3O31P/c67-21-34-40(73)41(74)48(81)59(88-34)94-54-36(23-69)90-61(50(83)43(54)76)96-56-38(25-71)92-63(52(85)45(56)78)97-57-39(26-72)91-62(51(84)46(57)79)95-55-37(24-70)89-60(49(82)44(55)77)93-53-35(22-68)87-58(47(80)42(53)75)66-20-28(64-65-66)27-86-29-16-18-33(19-17-29)98(30-10-4-1-5-11-30,31-12-6-2-7-13-31)32-14-8-3-9-15-32/h1-20,34-63,67-85H,21-27H2/q+1/t34-,35-,36-,37-,38-,39-,40-,41+,42-,43-,44-,45-,46-,47-,48-,49-,50-,51-,52-,53-,54-,55-,56-,57-,58?,59-,60-,61-,62-,63-/m1/s1. The molecule has 34 nitrogen and oxygen atoms in total. The van der Waals surface area contributed by atoms with Gasteiger partial charge in [-0.15, -0.1) is 5.10 Å². The van der Waals surface area contributed by atoms with E-state index in [0.717, 1.165) is 25.9 Å². The van der Waals surface area contributed by atoms with Gasteiger partial charge in [-0.2, -0.15) is 0 Å². The van der Waals surface area contributed by atoms with Crippen LogP contribution in [0.25, 0.3) is 0 Å². The molecule has 0 amide bonds. The smallest absolute Gasteiger partial charge is 0.187 e. The van der Waals surface area contributed by atoms with E-state index in [1.165, 1.54) is 6.20 Å². The average Bonchev–Trinajstić information content (AvgIpc) is 0.806. The van der Waals surface area contributed by atoms with E-state index in [1.807, 2.05) is 78.9 Å². The van der Waals surface area contributed by atoms with Crippen molar-refractivity contribution in [2.45, 2.75) is 191 Å². The van der Waals surface area contributed by atoms with E-state index in [2.05, 4.69) is 46.7 Å². The molecule has 35 heteroatoms. The molecule has 11 rings (SSSR count). The lowest BCUT2D eigenvalue weighted by Crippen LogP contribution is -2.68. The van der Waals surface area contributed by atoms with E-state index in [-0.39, 0.29) is 12.3 Å². The molecule has 540 valence electrons. The molecular formula is C63H83N3O31P+. The summed E-state index contributed by atoms with van der Waals surface area (Å²) < 4.78 is 70.1. The van der Waals surface area contributed by atoms with Crippen molar-refractivity contribution in [1.82, 2.24) is 15.0 Å². The molecule has 30 atom stereocenters. The Morgan fingerprint density at radius 3 is 0.959 bits per heavy atom. The molecule has 6 aliphatic heterocycles. The maximum atomic E-state index is 11.5. The van der Waals surface area contributed by atoms with Gasteiger partial charge in [-0.1, -0.05) is 59.8 Å². The van der Waals surface area contributed by atoms with E-state index in [0.29, 0.717) is 5.75 Å². The lowest BCUT2D eigenvalue weighted by Gasteiger charge is -2.50. The Hall–Kier alpha value is -4.95. The van der Waals surface area contributed by atoms with Crippen LogP contribution >= 0.6 is 7.26 Å². The largest absolute Gasteiger partial charge is 0.487 e. The van der Waals surface area contributed by atoms with Crippen molar-refractivity contribution < 1.29 is 154 Å². The maximum absolute atomic E-state index is 11.5. The van der Waals surface area contributed by atoms with Gasteiger partial charge < -0.3 is 154 Å². The van der Waals surface area contributed by atoms with Gasteiger partial charge in [-0.25, -0.2) is 4.68 Å². The minimum Gasteiger partial charge on any atom is -0.487 e. The minimum absolute atomic E-state index is 0.0891. The second-order valence-corrected chi connectivity index (χ2v) is 27.8. The van der Waals surface area contributed by atoms with Gasteiger partial charge in [0.15, 0.2) is 37.7 Å². The van der Waals surface area contributed by atoms with Crippen LogP contribution in [0.5, 0.6) is 5.75 Å². The zero-order valence-corrected chi connectivity index (χ0v) is 52.9. The van der Waals surface area contributed by atoms with Gasteiger partial charge in [-0.05, 0) is 60.7 Å². The van der Waals surface area contributed by atoms with Crippen LogP contribution in [0.2, 0.25) is 0 Å². The topological polar surface area (TPSA) is 526 Å². The first-order valence-corrected chi connectivity index (χ1v) is 33.4. The summed E-state index contributed by atoms with van der Waals surface area (Å²) >= 11 is 0. The number of nitrogens with zero attached hydrogens (tertiary/aromatic N) is 3. The van der Waals surface area contributed by atoms with Gasteiger partial charge >= 0.3 is 0 Å². The molecule has 5 aromatic rings. The fourth-order valence-electron chi connectivity index (χ4n) is 13.0. The van der Waals surface area contributed by atoms with Gasteiger partial charge in [0, 0.05) is 0 Å². The van der Waals surface area contributed by atoms with Gasteiger partial charge in [-0.3, -0.25) is 0 Å². The zero-order valence-electron chi connectivity index (χ0n) is 52.0. The molecule has 0 radical (unpaired) electrons. The van der Waals surface area contributed by atoms with Gasteiger partial charge in [0.2, 0.25) is 0 Å². The summed E-state index contributed by atoms with van der Waals surface area (Å²) in [7, 11) is -2.38. The first kappa shape index (κ1) is 74.2. The monoisotopic (exact) mass is 1410 g/mol. The molecule has 19 N–H and O–H groups in total. The molecular weight excluding hydrogens is 1330 g/mol. The number of ether oxygens (including phenoxy) is 12. The molecule has 0 aliphatic carbocycles. The number of aliphatic hydroxyl groups is 19. The molecule has 0 bridgehead atoms. The Balaban J connectivity index is 0.680. The predicted octanol–water partition coefficient (Wildman–Crippen LogP) is -9.43. The Morgan fingerprint density at radius 2 is 0.622 bits per heavy atom. The summed E-state index contributed by atoms with van der Waals surface area (Å²) in [4.78, 5) is 0. The van der Waals surface area contributed by atoms with Crippen molar-refractivity contribution in [3.05, 3.63) is 127 Å². The van der Waals surface area contributed by atoms with Crippen LogP contribution in [0.1, 0.15) is 11.9 Å². The summed E-state index contributed by atoms with van der Waals surface area (Å²) in [6.45, 7) is -5.82. The summed E-state index contributed by atoms with van der Waals surface area (Å²) in [6, 6.07) is 38.9. The number of hydrogen-bond donors (Lipinski definition) is 19. The van der Waals surface area contributed by atoms with Gasteiger partial charge in [0.1, 0.15) is 193 Å². The molecule has 0 spiro atoms. The van der Waals surface area contributed by atoms with E-state index in [9.17, 15) is 97.0 Å². The molecule has 4 aromatic carbocycles. The van der Waals surface area contributed by atoms with Crippen LogP contribution in [0.15, 0.2) is 121 Å². The number of hydrogen-bond acceptors (Lipinski definition) is 33. The highest BCUT2D eigenvalue weighted by atomic mass is 31.2. The third kappa shape index (κ3) is 14.8. The fraction of sp³-hybridized carbons (Fsp3) is 0.587. The Bertz CT molecular complexity index is 3150. The quantitative estimate of drug-likeness (QED) is 0.0255. The van der Waals surface area contributed by atoms with Crippen LogP contribution in [0.3, 0.4) is 0 Å². The second kappa shape index (κ2) is 32.6. The van der Waals surface area contributed by atoms with Crippen molar-refractivity contribution in [3.8, 4) is 5.75 Å². The highest BCUT2D eigenvalue weighted by Crippen LogP contribution is 2.54. The summed E-state index contributed by atoms with van der Waals surface area (Å²) in [5, 5.41) is 219. The Morgan fingerprint density at radius 1 is 0.327 bits per heavy atom. The molecule has 98 heavy (non-hydrogen) atoms. The average molecular weight is 1410 g/mol. The first-order chi connectivity index (χ1) is 47.2. The molecule has 6 saturated heterocycles. The van der Waals surface area contributed by atoms with Crippen LogP contribution < -0.4 is 26.0 Å². The molecule has 1 unspecified atom stereocenters. The van der Waals surface area contributed by atoms with Crippen molar-refractivity contribution in [2.24, 2.45) is 0 Å². The first-order valence-electron chi connectivity index (χ1n) is 31.6. The predicted molar refractivity (Wildman–Crippen MR) is 328 cm³/mol. The molecule has 7 heterocycles. The second-order valence-electron chi connectivity index (χ2n) is 24.4. The summed E-state index contributed by atoms with van der Waals surface area (Å²) in [5.41, 5.74) is 0.288. The third-order valence-electron chi connectivity index (χ3n) is 18.3. The lowest BCUT2D eigenvalue weighted by atomic mass is 9.95. The van der Waals surface area contributed by atoms with Crippen molar-refractivity contribution in [1.29, 1.82) is 0 Å². The van der Waals surface area contributed by atoms with E-state index >= 15 is 0 Å².